The Labute approximate surface area is 155 Å². The van der Waals surface area contributed by atoms with E-state index < -0.39 is 6.36 Å². The largest absolute Gasteiger partial charge is 0.573 e. The van der Waals surface area contributed by atoms with Gasteiger partial charge in [0.25, 0.3) is 0 Å². The Hall–Kier alpha value is -2.90. The van der Waals surface area contributed by atoms with E-state index in [4.69, 9.17) is 4.74 Å². The van der Waals surface area contributed by atoms with Gasteiger partial charge in [-0.1, -0.05) is 12.1 Å². The molecule has 0 aliphatic rings. The number of rotatable bonds is 6. The molecule has 0 saturated heterocycles. The summed E-state index contributed by atoms with van der Waals surface area (Å²) in [6.45, 7) is 4.17. The highest BCUT2D eigenvalue weighted by Gasteiger charge is 2.31. The Morgan fingerprint density at radius 3 is 2.37 bits per heavy atom. The fourth-order valence-corrected chi connectivity index (χ4v) is 2.61. The van der Waals surface area contributed by atoms with Gasteiger partial charge in [-0.2, -0.15) is 0 Å². The van der Waals surface area contributed by atoms with Gasteiger partial charge in [0.2, 0.25) is 0 Å². The Morgan fingerprint density at radius 1 is 1.15 bits per heavy atom. The third-order valence-electron chi connectivity index (χ3n) is 3.98. The average Bonchev–Trinajstić information content (AvgIpc) is 2.62. The lowest BCUT2D eigenvalue weighted by Crippen LogP contribution is -2.36. The van der Waals surface area contributed by atoms with Crippen LogP contribution in [-0.4, -0.2) is 30.9 Å². The number of hydrogen-bond donors (Lipinski definition) is 1. The molecule has 2 aromatic carbocycles. The van der Waals surface area contributed by atoms with Gasteiger partial charge in [-0.3, -0.25) is 0 Å². The van der Waals surface area contributed by atoms with E-state index in [1.807, 2.05) is 38.1 Å². The molecule has 0 spiro atoms. The van der Waals surface area contributed by atoms with Crippen molar-refractivity contribution in [3.63, 3.8) is 0 Å². The molecule has 146 valence electrons. The van der Waals surface area contributed by atoms with Crippen molar-refractivity contribution in [1.29, 1.82) is 0 Å². The minimum atomic E-state index is -4.75. The zero-order chi connectivity index (χ0) is 20.0. The van der Waals surface area contributed by atoms with Crippen LogP contribution in [0.2, 0.25) is 0 Å². The predicted molar refractivity (Wildman–Crippen MR) is 95.9 cm³/mol. The number of amides is 2. The van der Waals surface area contributed by atoms with Crippen molar-refractivity contribution in [2.45, 2.75) is 26.3 Å². The van der Waals surface area contributed by atoms with E-state index in [1.165, 1.54) is 12.1 Å². The zero-order valence-corrected chi connectivity index (χ0v) is 15.2. The molecule has 0 saturated carbocycles. The number of nitrogens with one attached hydrogen (secondary N) is 1. The Kier molecular flexibility index (Phi) is 6.55. The third-order valence-corrected chi connectivity index (χ3v) is 3.98. The Morgan fingerprint density at radius 2 is 1.81 bits per heavy atom. The molecular weight excluding hydrogens is 361 g/mol. The first-order valence-electron chi connectivity index (χ1n) is 8.31. The first-order chi connectivity index (χ1) is 12.7. The Balaban J connectivity index is 2.07. The highest BCUT2D eigenvalue weighted by molar-refractivity contribution is 5.89. The van der Waals surface area contributed by atoms with E-state index >= 15 is 0 Å². The standard InChI is InChI=1S/C19H21F3N2O3/c1-4-24(13(2)14-6-5-7-17(12-14)26-3)18(25)23-15-8-10-16(11-9-15)27-19(20,21)22/h5-13H,4H2,1-3H3,(H,23,25)/t13-/m1/s1. The van der Waals surface area contributed by atoms with Gasteiger partial charge in [-0.05, 0) is 55.8 Å². The molecule has 0 fully saturated rings. The third kappa shape index (κ3) is 5.80. The molecule has 5 nitrogen and oxygen atoms in total. The van der Waals surface area contributed by atoms with Gasteiger partial charge < -0.3 is 19.7 Å². The minimum Gasteiger partial charge on any atom is -0.497 e. The topological polar surface area (TPSA) is 50.8 Å². The lowest BCUT2D eigenvalue weighted by Gasteiger charge is -2.28. The fraction of sp³-hybridized carbons (Fsp3) is 0.316. The average molecular weight is 382 g/mol. The second-order valence-electron chi connectivity index (χ2n) is 5.74. The number of ether oxygens (including phenoxy) is 2. The number of halogens is 3. The number of carbonyl (C=O) groups excluding carboxylic acids is 1. The smallest absolute Gasteiger partial charge is 0.497 e. The zero-order valence-electron chi connectivity index (χ0n) is 15.2. The number of alkyl halides is 3. The van der Waals surface area contributed by atoms with Crippen LogP contribution in [0.1, 0.15) is 25.5 Å². The molecule has 0 unspecified atom stereocenters. The molecule has 0 aliphatic carbocycles. The molecule has 0 aromatic heterocycles. The number of carbonyl (C=O) groups is 1. The molecule has 0 radical (unpaired) electrons. The number of methoxy groups -OCH3 is 1. The van der Waals surface area contributed by atoms with Crippen molar-refractivity contribution in [3.8, 4) is 11.5 Å². The summed E-state index contributed by atoms with van der Waals surface area (Å²) in [5, 5.41) is 2.68. The number of urea groups is 1. The van der Waals surface area contributed by atoms with Gasteiger partial charge in [0.05, 0.1) is 13.2 Å². The van der Waals surface area contributed by atoms with Gasteiger partial charge in [0, 0.05) is 12.2 Å². The number of nitrogens with zero attached hydrogens (tertiary/aromatic N) is 1. The van der Waals surface area contributed by atoms with Crippen LogP contribution in [0.15, 0.2) is 48.5 Å². The second kappa shape index (κ2) is 8.66. The summed E-state index contributed by atoms with van der Waals surface area (Å²) >= 11 is 0. The molecule has 2 aromatic rings. The molecule has 0 bridgehead atoms. The lowest BCUT2D eigenvalue weighted by molar-refractivity contribution is -0.274. The molecule has 2 rings (SSSR count). The van der Waals surface area contributed by atoms with Crippen molar-refractivity contribution >= 4 is 11.7 Å². The van der Waals surface area contributed by atoms with Gasteiger partial charge in [-0.15, -0.1) is 13.2 Å². The maximum Gasteiger partial charge on any atom is 0.573 e. The van der Waals surface area contributed by atoms with Crippen LogP contribution >= 0.6 is 0 Å². The second-order valence-corrected chi connectivity index (χ2v) is 5.74. The van der Waals surface area contributed by atoms with Crippen molar-refractivity contribution in [1.82, 2.24) is 4.90 Å². The summed E-state index contributed by atoms with van der Waals surface area (Å²) in [7, 11) is 1.57. The normalized spacial score (nSPS) is 12.2. The van der Waals surface area contributed by atoms with Gasteiger partial charge in [0.15, 0.2) is 0 Å². The monoisotopic (exact) mass is 382 g/mol. The maximum atomic E-state index is 12.6. The van der Waals surface area contributed by atoms with Crippen LogP contribution in [0, 0.1) is 0 Å². The minimum absolute atomic E-state index is 0.224. The van der Waals surface area contributed by atoms with E-state index in [-0.39, 0.29) is 17.8 Å². The van der Waals surface area contributed by atoms with Crippen molar-refractivity contribution < 1.29 is 27.4 Å². The summed E-state index contributed by atoms with van der Waals surface area (Å²) in [6, 6.07) is 11.8. The SMILES string of the molecule is CCN(C(=O)Nc1ccc(OC(F)(F)F)cc1)[C@H](C)c1cccc(OC)c1. The summed E-state index contributed by atoms with van der Waals surface area (Å²) in [5.41, 5.74) is 1.27. The molecule has 27 heavy (non-hydrogen) atoms. The number of anilines is 1. The van der Waals surface area contributed by atoms with Crippen molar-refractivity contribution in [2.24, 2.45) is 0 Å². The van der Waals surface area contributed by atoms with E-state index in [2.05, 4.69) is 10.1 Å². The summed E-state index contributed by atoms with van der Waals surface area (Å²) < 4.78 is 45.6. The van der Waals surface area contributed by atoms with Crippen LogP contribution in [0.5, 0.6) is 11.5 Å². The molecule has 0 aliphatic heterocycles. The quantitative estimate of drug-likeness (QED) is 0.746. The number of hydrogen-bond acceptors (Lipinski definition) is 3. The highest BCUT2D eigenvalue weighted by atomic mass is 19.4. The van der Waals surface area contributed by atoms with Crippen molar-refractivity contribution in [2.75, 3.05) is 19.0 Å². The number of benzene rings is 2. The summed E-state index contributed by atoms with van der Waals surface area (Å²) in [4.78, 5) is 14.2. The van der Waals surface area contributed by atoms with E-state index in [0.717, 1.165) is 17.7 Å². The van der Waals surface area contributed by atoms with Crippen LogP contribution in [-0.2, 0) is 0 Å². The summed E-state index contributed by atoms with van der Waals surface area (Å²) in [6.07, 6.45) is -4.75. The van der Waals surface area contributed by atoms with Crippen LogP contribution in [0.4, 0.5) is 23.7 Å². The molecule has 1 atom stereocenters. The van der Waals surface area contributed by atoms with Gasteiger partial charge >= 0.3 is 12.4 Å². The lowest BCUT2D eigenvalue weighted by atomic mass is 10.1. The molecular formula is C19H21F3N2O3. The van der Waals surface area contributed by atoms with Crippen LogP contribution < -0.4 is 14.8 Å². The van der Waals surface area contributed by atoms with Crippen molar-refractivity contribution in [3.05, 3.63) is 54.1 Å². The molecule has 2 amide bonds. The van der Waals surface area contributed by atoms with Crippen LogP contribution in [0.25, 0.3) is 0 Å². The molecule has 0 heterocycles. The van der Waals surface area contributed by atoms with E-state index in [1.54, 1.807) is 12.0 Å². The maximum absolute atomic E-state index is 12.6. The van der Waals surface area contributed by atoms with Crippen LogP contribution in [0.3, 0.4) is 0 Å². The fourth-order valence-electron chi connectivity index (χ4n) is 2.61. The highest BCUT2D eigenvalue weighted by Crippen LogP contribution is 2.26. The first-order valence-corrected chi connectivity index (χ1v) is 8.31. The predicted octanol–water partition coefficient (Wildman–Crippen LogP) is 5.21. The molecule has 1 N–H and O–H groups in total. The van der Waals surface area contributed by atoms with Gasteiger partial charge in [-0.25, -0.2) is 4.79 Å². The first kappa shape index (κ1) is 20.4. The Bertz CT molecular complexity index is 764. The van der Waals surface area contributed by atoms with Gasteiger partial charge in [0.1, 0.15) is 11.5 Å². The summed E-state index contributed by atoms with van der Waals surface area (Å²) in [5.74, 6) is 0.341. The van der Waals surface area contributed by atoms with E-state index in [9.17, 15) is 18.0 Å². The van der Waals surface area contributed by atoms with E-state index in [0.29, 0.717) is 18.0 Å². The molecule has 8 heteroatoms.